The number of fused-ring (bicyclic) bond motifs is 2. The molecule has 330 valence electrons. The number of phenolic OH excluding ortho intramolecular Hbond substituents is 1. The van der Waals surface area contributed by atoms with Gasteiger partial charge in [-0.15, -0.1) is 0 Å². The molecule has 16 heteroatoms. The van der Waals surface area contributed by atoms with Crippen molar-refractivity contribution in [3.63, 3.8) is 0 Å². The van der Waals surface area contributed by atoms with E-state index < -0.39 is 29.5 Å². The van der Waals surface area contributed by atoms with Gasteiger partial charge in [-0.1, -0.05) is 23.3 Å². The molecule has 0 saturated heterocycles. The Morgan fingerprint density at radius 1 is 0.717 bits per heavy atom. The minimum atomic E-state index is -0.809. The molecule has 0 bridgehead atoms. The molecule has 60 heavy (non-hydrogen) atoms. The number of carbonyl (C=O) groups is 4. The van der Waals surface area contributed by atoms with Crippen LogP contribution in [-0.4, -0.2) is 88.6 Å². The second kappa shape index (κ2) is 24.5. The topological polar surface area (TPSA) is 241 Å². The zero-order valence-electron chi connectivity index (χ0n) is 36.0. The second-order valence-electron chi connectivity index (χ2n) is 14.8. The number of allylic oxidation sites excluding steroid dienone is 4. The fraction of sp³-hybridized carbons (Fsp3) is 0.523. The number of hydrogen-bond donors (Lipinski definition) is 5. The molecule has 1 aromatic heterocycles. The van der Waals surface area contributed by atoms with E-state index in [1.54, 1.807) is 12.1 Å². The Hall–Kier alpha value is -5.61. The molecule has 2 aromatic carbocycles. The van der Waals surface area contributed by atoms with E-state index in [0.29, 0.717) is 55.6 Å². The van der Waals surface area contributed by atoms with Crippen molar-refractivity contribution < 1.29 is 52.4 Å². The third-order valence-corrected chi connectivity index (χ3v) is 9.59. The molecule has 3 aromatic rings. The summed E-state index contributed by atoms with van der Waals surface area (Å²) in [6, 6.07) is 1.49. The molecule has 0 saturated carbocycles. The molecule has 16 nitrogen and oxygen atoms in total. The lowest BCUT2D eigenvalue weighted by Gasteiger charge is -2.18. The third-order valence-electron chi connectivity index (χ3n) is 9.59. The van der Waals surface area contributed by atoms with Gasteiger partial charge in [0.25, 0.3) is 0 Å². The summed E-state index contributed by atoms with van der Waals surface area (Å²) in [6.45, 7) is 8.56. The predicted molar refractivity (Wildman–Crippen MR) is 228 cm³/mol. The number of esters is 2. The molecule has 0 radical (unpaired) electrons. The van der Waals surface area contributed by atoms with E-state index in [1.165, 1.54) is 21.3 Å². The van der Waals surface area contributed by atoms with Crippen molar-refractivity contribution in [2.45, 2.75) is 104 Å². The van der Waals surface area contributed by atoms with Crippen LogP contribution < -0.4 is 41.7 Å². The van der Waals surface area contributed by atoms with Gasteiger partial charge in [-0.05, 0) is 92.2 Å². The summed E-state index contributed by atoms with van der Waals surface area (Å²) in [5.74, 6) is -1.27. The van der Waals surface area contributed by atoms with Crippen molar-refractivity contribution in [3.05, 3.63) is 56.8 Å². The van der Waals surface area contributed by atoms with E-state index in [4.69, 9.17) is 39.6 Å². The standard InChI is InChI=1S/C44H62N4O12/c1-26(2)16-18-28-32(58-22-10-14-36(49)47-30(12-8-20-45)43(53)56-6)24-34-39(40(28)51)41(52)38-29(19-17-27(3)4)42(55-5)35(25-33(38)60-34)59-23-11-15-37(50)48-31(13-9-21-46)44(54)57-7/h16-17,24-25,30-31,51H,8-15,18-23,45-46H2,1-7H3,(H,47,49)(H,48,50)/t30-,31+/m1/s1. The Bertz CT molecular complexity index is 2080. The predicted octanol–water partition coefficient (Wildman–Crippen LogP) is 4.79. The van der Waals surface area contributed by atoms with Crippen molar-refractivity contribution >= 4 is 45.7 Å². The maximum absolute atomic E-state index is 14.5. The number of amides is 2. The number of nitrogens with two attached hydrogens (primary N) is 2. The van der Waals surface area contributed by atoms with Gasteiger partial charge in [-0.2, -0.15) is 0 Å². The summed E-state index contributed by atoms with van der Waals surface area (Å²) < 4.78 is 34.1. The summed E-state index contributed by atoms with van der Waals surface area (Å²) in [5, 5.41) is 17.3. The van der Waals surface area contributed by atoms with Gasteiger partial charge in [0.2, 0.25) is 17.2 Å². The minimum Gasteiger partial charge on any atom is -0.507 e. The number of benzene rings is 2. The number of hydrogen-bond acceptors (Lipinski definition) is 14. The largest absolute Gasteiger partial charge is 0.507 e. The number of phenols is 1. The Morgan fingerprint density at radius 2 is 1.18 bits per heavy atom. The monoisotopic (exact) mass is 838 g/mol. The summed E-state index contributed by atoms with van der Waals surface area (Å²) in [5.41, 5.74) is 13.7. The highest BCUT2D eigenvalue weighted by atomic mass is 16.5. The van der Waals surface area contributed by atoms with Crippen molar-refractivity contribution in [1.29, 1.82) is 0 Å². The molecule has 2 atom stereocenters. The highest BCUT2D eigenvalue weighted by molar-refractivity contribution is 5.98. The van der Waals surface area contributed by atoms with Crippen LogP contribution in [0.25, 0.3) is 21.9 Å². The molecule has 0 unspecified atom stereocenters. The highest BCUT2D eigenvalue weighted by Crippen LogP contribution is 2.42. The number of nitrogens with one attached hydrogen (secondary N) is 2. The van der Waals surface area contributed by atoms with Gasteiger partial charge < -0.3 is 55.3 Å². The smallest absolute Gasteiger partial charge is 0.328 e. The first-order valence-electron chi connectivity index (χ1n) is 20.2. The Balaban J connectivity index is 1.99. The van der Waals surface area contributed by atoms with E-state index >= 15 is 0 Å². The van der Waals surface area contributed by atoms with Crippen LogP contribution in [0.3, 0.4) is 0 Å². The molecule has 0 aliphatic heterocycles. The Labute approximate surface area is 350 Å². The van der Waals surface area contributed by atoms with Gasteiger partial charge in [0.15, 0.2) is 11.5 Å². The Kier molecular flexibility index (Phi) is 19.9. The number of aromatic hydroxyl groups is 1. The minimum absolute atomic E-state index is 0.0328. The third kappa shape index (κ3) is 13.7. The summed E-state index contributed by atoms with van der Waals surface area (Å²) >= 11 is 0. The SMILES string of the molecule is COC(=O)[C@H](CCCN)NC(=O)CCCOc1cc2oc3cc(OCCCC(=O)N[C@H](CCCN)C(=O)OC)c(CC=C(C)C)c(O)c3c(=O)c2c(CC=C(C)C)c1OC. The van der Waals surface area contributed by atoms with Gasteiger partial charge in [-0.25, -0.2) is 9.59 Å². The number of ether oxygens (including phenoxy) is 5. The van der Waals surface area contributed by atoms with Crippen LogP contribution in [0.2, 0.25) is 0 Å². The van der Waals surface area contributed by atoms with Crippen LogP contribution in [0.1, 0.15) is 90.2 Å². The van der Waals surface area contributed by atoms with E-state index in [-0.39, 0.29) is 103 Å². The fourth-order valence-electron chi connectivity index (χ4n) is 6.46. The molecule has 1 heterocycles. The molecule has 0 aliphatic rings. The van der Waals surface area contributed by atoms with Gasteiger partial charge in [0.1, 0.15) is 40.1 Å². The first kappa shape index (κ1) is 48.8. The average Bonchev–Trinajstić information content (AvgIpc) is 3.21. The lowest BCUT2D eigenvalue weighted by Crippen LogP contribution is -2.41. The molecule has 2 amide bonds. The van der Waals surface area contributed by atoms with E-state index in [0.717, 1.165) is 11.1 Å². The molecule has 7 N–H and O–H groups in total. The summed E-state index contributed by atoms with van der Waals surface area (Å²) in [6.07, 6.45) is 6.79. The molecular weight excluding hydrogens is 776 g/mol. The summed E-state index contributed by atoms with van der Waals surface area (Å²) in [4.78, 5) is 64.2. The zero-order chi connectivity index (χ0) is 44.4. The van der Waals surface area contributed by atoms with Crippen LogP contribution in [0.4, 0.5) is 0 Å². The van der Waals surface area contributed by atoms with Crippen LogP contribution in [-0.2, 0) is 41.5 Å². The lowest BCUT2D eigenvalue weighted by molar-refractivity contribution is -0.145. The fourth-order valence-corrected chi connectivity index (χ4v) is 6.46. The molecule has 3 rings (SSSR count). The van der Waals surface area contributed by atoms with Crippen LogP contribution >= 0.6 is 0 Å². The maximum Gasteiger partial charge on any atom is 0.328 e. The van der Waals surface area contributed by atoms with E-state index in [2.05, 4.69) is 10.6 Å². The van der Waals surface area contributed by atoms with Crippen molar-refractivity contribution in [2.24, 2.45) is 11.5 Å². The lowest BCUT2D eigenvalue weighted by atomic mass is 9.98. The zero-order valence-corrected chi connectivity index (χ0v) is 36.0. The number of carbonyl (C=O) groups excluding carboxylic acids is 4. The van der Waals surface area contributed by atoms with E-state index in [1.807, 2.05) is 39.8 Å². The van der Waals surface area contributed by atoms with Gasteiger partial charge in [0.05, 0.1) is 39.9 Å². The number of methoxy groups -OCH3 is 3. The first-order chi connectivity index (χ1) is 28.7. The summed E-state index contributed by atoms with van der Waals surface area (Å²) in [7, 11) is 3.98. The van der Waals surface area contributed by atoms with Crippen molar-refractivity contribution in [1.82, 2.24) is 10.6 Å². The van der Waals surface area contributed by atoms with Gasteiger partial charge >= 0.3 is 11.9 Å². The van der Waals surface area contributed by atoms with Crippen LogP contribution in [0, 0.1) is 0 Å². The normalized spacial score (nSPS) is 11.9. The van der Waals surface area contributed by atoms with Crippen molar-refractivity contribution in [3.8, 4) is 23.0 Å². The quantitative estimate of drug-likeness (QED) is 0.0334. The van der Waals surface area contributed by atoms with E-state index in [9.17, 15) is 29.1 Å². The molecule has 0 fully saturated rings. The van der Waals surface area contributed by atoms with Crippen molar-refractivity contribution in [2.75, 3.05) is 47.6 Å². The van der Waals surface area contributed by atoms with Crippen LogP contribution in [0.15, 0.2) is 44.6 Å². The average molecular weight is 839 g/mol. The number of rotatable bonds is 25. The molecule has 0 aliphatic carbocycles. The Morgan fingerprint density at radius 3 is 1.65 bits per heavy atom. The van der Waals surface area contributed by atoms with Crippen LogP contribution in [0.5, 0.6) is 23.0 Å². The van der Waals surface area contributed by atoms with Gasteiger partial charge in [-0.3, -0.25) is 14.4 Å². The first-order valence-corrected chi connectivity index (χ1v) is 20.2. The van der Waals surface area contributed by atoms with Gasteiger partial charge in [0, 0.05) is 36.1 Å². The molecular formula is C44H62N4O12. The maximum atomic E-state index is 14.5. The molecule has 0 spiro atoms. The second-order valence-corrected chi connectivity index (χ2v) is 14.8. The highest BCUT2D eigenvalue weighted by Gasteiger charge is 2.26.